The highest BCUT2D eigenvalue weighted by Crippen LogP contribution is 2.25. The lowest BCUT2D eigenvalue weighted by molar-refractivity contribution is -0.384. The Bertz CT molecular complexity index is 962. The van der Waals surface area contributed by atoms with E-state index in [0.717, 1.165) is 5.56 Å². The van der Waals surface area contributed by atoms with Gasteiger partial charge in [-0.1, -0.05) is 0 Å². The van der Waals surface area contributed by atoms with E-state index in [1.54, 1.807) is 17.9 Å². The molecule has 0 bridgehead atoms. The molecule has 0 unspecified atom stereocenters. The van der Waals surface area contributed by atoms with Crippen LogP contribution in [0.15, 0.2) is 41.6 Å². The van der Waals surface area contributed by atoms with Crippen molar-refractivity contribution >= 4 is 21.6 Å². The number of aryl methyl sites for hydroxylation is 1. The number of non-ortho nitro benzene ring substituents is 1. The van der Waals surface area contributed by atoms with Crippen LogP contribution in [0.5, 0.6) is 0 Å². The lowest BCUT2D eigenvalue weighted by Gasteiger charge is -2.30. The van der Waals surface area contributed by atoms with Gasteiger partial charge in [0.05, 0.1) is 16.0 Å². The monoisotopic (exact) mass is 407 g/mol. The molecular weight excluding hydrogens is 386 g/mol. The minimum absolute atomic E-state index is 0.0116. The zero-order chi connectivity index (χ0) is 20.3. The van der Waals surface area contributed by atoms with Crippen LogP contribution in [0.3, 0.4) is 0 Å². The Balaban J connectivity index is 1.56. The van der Waals surface area contributed by atoms with E-state index in [0.29, 0.717) is 19.4 Å². The van der Waals surface area contributed by atoms with Crippen LogP contribution in [0.4, 0.5) is 5.69 Å². The van der Waals surface area contributed by atoms with Gasteiger partial charge in [0.15, 0.2) is 0 Å². The Labute approximate surface area is 162 Å². The predicted octanol–water partition coefficient (Wildman–Crippen LogP) is 1.05. The summed E-state index contributed by atoms with van der Waals surface area (Å²) in [5, 5.41) is 17.6. The van der Waals surface area contributed by atoms with Crippen molar-refractivity contribution in [2.75, 3.05) is 13.1 Å². The Morgan fingerprint density at radius 1 is 1.29 bits per heavy atom. The van der Waals surface area contributed by atoms with Gasteiger partial charge in [-0.05, 0) is 25.0 Å². The summed E-state index contributed by atoms with van der Waals surface area (Å²) in [5.41, 5.74) is 0.733. The van der Waals surface area contributed by atoms with Gasteiger partial charge in [-0.2, -0.15) is 9.40 Å². The maximum absolute atomic E-state index is 12.7. The summed E-state index contributed by atoms with van der Waals surface area (Å²) in [6, 6.07) is 4.82. The van der Waals surface area contributed by atoms with Gasteiger partial charge in [0.1, 0.15) is 0 Å². The molecule has 1 aliphatic heterocycles. The van der Waals surface area contributed by atoms with Crippen LogP contribution in [-0.2, 0) is 28.4 Å². The lowest BCUT2D eigenvalue weighted by atomic mass is 9.97. The van der Waals surface area contributed by atoms with Gasteiger partial charge >= 0.3 is 0 Å². The Morgan fingerprint density at radius 3 is 2.46 bits per heavy atom. The van der Waals surface area contributed by atoms with E-state index in [1.165, 1.54) is 28.6 Å². The standard InChI is InChI=1S/C17H21N5O5S/c1-20-12-13(11-19-20)10-18-17(23)14-6-8-21(9-7-14)28(26,27)16-4-2-15(3-5-16)22(24)25/h2-5,11-12,14H,6-10H2,1H3,(H,18,23). The van der Waals surface area contributed by atoms with Crippen molar-refractivity contribution in [3.63, 3.8) is 0 Å². The van der Waals surface area contributed by atoms with Crippen LogP contribution >= 0.6 is 0 Å². The number of hydrogen-bond acceptors (Lipinski definition) is 6. The molecule has 1 N–H and O–H groups in total. The van der Waals surface area contributed by atoms with E-state index in [2.05, 4.69) is 10.4 Å². The van der Waals surface area contributed by atoms with Crippen LogP contribution in [0, 0.1) is 16.0 Å². The number of nitrogens with one attached hydrogen (secondary N) is 1. The third kappa shape index (κ3) is 4.37. The molecule has 0 radical (unpaired) electrons. The highest BCUT2D eigenvalue weighted by Gasteiger charge is 2.32. The fraction of sp³-hybridized carbons (Fsp3) is 0.412. The average Bonchev–Trinajstić information content (AvgIpc) is 3.11. The van der Waals surface area contributed by atoms with E-state index in [-0.39, 0.29) is 35.5 Å². The summed E-state index contributed by atoms with van der Waals surface area (Å²) in [7, 11) is -1.94. The van der Waals surface area contributed by atoms with Crippen LogP contribution in [-0.4, -0.2) is 46.4 Å². The topological polar surface area (TPSA) is 127 Å². The molecule has 1 amide bonds. The molecule has 1 fully saturated rings. The van der Waals surface area contributed by atoms with Crippen molar-refractivity contribution in [1.82, 2.24) is 19.4 Å². The van der Waals surface area contributed by atoms with Crippen LogP contribution in [0.2, 0.25) is 0 Å². The zero-order valence-corrected chi connectivity index (χ0v) is 16.1. The van der Waals surface area contributed by atoms with Gasteiger partial charge in [0, 0.05) is 56.5 Å². The summed E-state index contributed by atoms with van der Waals surface area (Å²) in [5.74, 6) is -0.351. The minimum atomic E-state index is -3.74. The number of carbonyl (C=O) groups excluding carboxylic acids is 1. The molecule has 0 aliphatic carbocycles. The van der Waals surface area contributed by atoms with Crippen molar-refractivity contribution < 1.29 is 18.1 Å². The van der Waals surface area contributed by atoms with Crippen LogP contribution in [0.25, 0.3) is 0 Å². The minimum Gasteiger partial charge on any atom is -0.352 e. The summed E-state index contributed by atoms with van der Waals surface area (Å²) in [4.78, 5) is 22.5. The largest absolute Gasteiger partial charge is 0.352 e. The number of nitro groups is 1. The van der Waals surface area contributed by atoms with Gasteiger partial charge in [0.2, 0.25) is 15.9 Å². The first kappa shape index (κ1) is 20.0. The molecule has 11 heteroatoms. The first-order chi connectivity index (χ1) is 13.3. The van der Waals surface area contributed by atoms with Crippen molar-refractivity contribution in [3.05, 3.63) is 52.3 Å². The predicted molar refractivity (Wildman–Crippen MR) is 99.6 cm³/mol. The summed E-state index contributed by atoms with van der Waals surface area (Å²) < 4.78 is 28.4. The van der Waals surface area contributed by atoms with Crippen molar-refractivity contribution in [1.29, 1.82) is 0 Å². The zero-order valence-electron chi connectivity index (χ0n) is 15.3. The highest BCUT2D eigenvalue weighted by molar-refractivity contribution is 7.89. The van der Waals surface area contributed by atoms with Crippen LogP contribution in [0.1, 0.15) is 18.4 Å². The number of benzene rings is 1. The second-order valence-electron chi connectivity index (χ2n) is 6.67. The van der Waals surface area contributed by atoms with E-state index in [9.17, 15) is 23.3 Å². The molecule has 0 atom stereocenters. The Morgan fingerprint density at radius 2 is 1.93 bits per heavy atom. The normalized spacial score (nSPS) is 16.0. The number of amides is 1. The number of rotatable bonds is 6. The maximum Gasteiger partial charge on any atom is 0.269 e. The number of nitro benzene ring substituents is 1. The van der Waals surface area contributed by atoms with Crippen molar-refractivity contribution in [3.8, 4) is 0 Å². The Kier molecular flexibility index (Phi) is 5.75. The number of hydrogen-bond donors (Lipinski definition) is 1. The molecule has 28 heavy (non-hydrogen) atoms. The maximum atomic E-state index is 12.7. The van der Waals surface area contributed by atoms with Gasteiger partial charge < -0.3 is 5.32 Å². The first-order valence-corrected chi connectivity index (χ1v) is 10.2. The second-order valence-corrected chi connectivity index (χ2v) is 8.61. The van der Waals surface area contributed by atoms with Gasteiger partial charge in [0.25, 0.3) is 5.69 Å². The van der Waals surface area contributed by atoms with Crippen LogP contribution < -0.4 is 5.32 Å². The molecule has 1 saturated heterocycles. The van der Waals surface area contributed by atoms with E-state index >= 15 is 0 Å². The molecule has 0 spiro atoms. The third-order valence-corrected chi connectivity index (χ3v) is 6.65. The molecule has 2 aromatic rings. The molecule has 10 nitrogen and oxygen atoms in total. The van der Waals surface area contributed by atoms with Gasteiger partial charge in [-0.3, -0.25) is 19.6 Å². The number of nitrogens with zero attached hydrogens (tertiary/aromatic N) is 4. The van der Waals surface area contributed by atoms with Gasteiger partial charge in [-0.25, -0.2) is 8.42 Å². The molecule has 150 valence electrons. The fourth-order valence-corrected chi connectivity index (χ4v) is 4.61. The summed E-state index contributed by atoms with van der Waals surface area (Å²) in [6.45, 7) is 0.836. The van der Waals surface area contributed by atoms with E-state index in [4.69, 9.17) is 0 Å². The van der Waals surface area contributed by atoms with Gasteiger partial charge in [-0.15, -0.1) is 0 Å². The molecule has 1 aromatic heterocycles. The molecule has 3 rings (SSSR count). The summed E-state index contributed by atoms with van der Waals surface area (Å²) >= 11 is 0. The fourth-order valence-electron chi connectivity index (χ4n) is 3.14. The van der Waals surface area contributed by atoms with Crippen molar-refractivity contribution in [2.45, 2.75) is 24.3 Å². The highest BCUT2D eigenvalue weighted by atomic mass is 32.2. The van der Waals surface area contributed by atoms with Crippen molar-refractivity contribution in [2.24, 2.45) is 13.0 Å². The quantitative estimate of drug-likeness (QED) is 0.563. The molecule has 1 aliphatic rings. The number of aromatic nitrogens is 2. The second kappa shape index (κ2) is 8.07. The number of piperidine rings is 1. The molecule has 2 heterocycles. The smallest absolute Gasteiger partial charge is 0.269 e. The average molecular weight is 407 g/mol. The SMILES string of the molecule is Cn1cc(CNC(=O)C2CCN(S(=O)(=O)c3ccc([N+](=O)[O-])cc3)CC2)cn1. The number of carbonyl (C=O) groups is 1. The molecular formula is C17H21N5O5S. The Hall–Kier alpha value is -2.79. The number of sulfonamides is 1. The third-order valence-electron chi connectivity index (χ3n) is 4.74. The summed E-state index contributed by atoms with van der Waals surface area (Å²) in [6.07, 6.45) is 4.34. The molecule has 0 saturated carbocycles. The first-order valence-electron chi connectivity index (χ1n) is 8.77. The van der Waals surface area contributed by atoms with E-state index < -0.39 is 14.9 Å². The molecule has 1 aromatic carbocycles. The van der Waals surface area contributed by atoms with E-state index in [1.807, 2.05) is 6.20 Å². The lowest BCUT2D eigenvalue weighted by Crippen LogP contribution is -2.42.